The van der Waals surface area contributed by atoms with E-state index in [9.17, 15) is 0 Å². The predicted octanol–water partition coefficient (Wildman–Crippen LogP) is 3.42. The van der Waals surface area contributed by atoms with E-state index in [0.29, 0.717) is 5.41 Å². The van der Waals surface area contributed by atoms with Crippen molar-refractivity contribution in [1.29, 1.82) is 0 Å². The van der Waals surface area contributed by atoms with Crippen LogP contribution in [0.4, 0.5) is 0 Å². The number of likely N-dealkylation sites (tertiary alicyclic amines) is 1. The minimum atomic E-state index is 0.709. The number of halogens is 1. The second kappa shape index (κ2) is 3.63. The lowest BCUT2D eigenvalue weighted by Gasteiger charge is -2.48. The third kappa shape index (κ3) is 1.87. The van der Waals surface area contributed by atoms with E-state index in [1.54, 1.807) is 0 Å². The molecule has 1 spiro atoms. The largest absolute Gasteiger partial charge is 0.457 e. The Bertz CT molecular complexity index is 346. The molecule has 0 radical (unpaired) electrons. The Hall–Kier alpha value is -0.280. The summed E-state index contributed by atoms with van der Waals surface area (Å²) in [5.41, 5.74) is 2.00. The van der Waals surface area contributed by atoms with Crippen molar-refractivity contribution < 1.29 is 4.42 Å². The van der Waals surface area contributed by atoms with Gasteiger partial charge in [-0.15, -0.1) is 0 Å². The highest BCUT2D eigenvalue weighted by Crippen LogP contribution is 2.45. The van der Waals surface area contributed by atoms with E-state index in [2.05, 4.69) is 26.9 Å². The Morgan fingerprint density at radius 2 is 2.07 bits per heavy atom. The first-order chi connectivity index (χ1) is 7.26. The zero-order valence-electron chi connectivity index (χ0n) is 8.84. The molecular weight excluding hydrogens is 254 g/mol. The van der Waals surface area contributed by atoms with Gasteiger partial charge in [-0.1, -0.05) is 12.8 Å². The average Bonchev–Trinajstić information content (AvgIpc) is 2.74. The SMILES string of the molecule is Brc1cc(CN2CC3(CCCC3)C2)co1. The first kappa shape index (κ1) is 9.91. The summed E-state index contributed by atoms with van der Waals surface area (Å²) in [7, 11) is 0. The number of hydrogen-bond donors (Lipinski definition) is 0. The highest BCUT2D eigenvalue weighted by atomic mass is 79.9. The highest BCUT2D eigenvalue weighted by molar-refractivity contribution is 9.10. The molecule has 0 amide bonds. The molecule has 1 aromatic rings. The van der Waals surface area contributed by atoms with E-state index in [0.717, 1.165) is 11.2 Å². The summed E-state index contributed by atoms with van der Waals surface area (Å²) >= 11 is 3.34. The molecule has 2 aliphatic rings. The molecule has 0 aromatic carbocycles. The molecular formula is C12H16BrNO. The summed E-state index contributed by atoms with van der Waals surface area (Å²) in [6.45, 7) is 3.66. The van der Waals surface area contributed by atoms with E-state index in [-0.39, 0.29) is 0 Å². The quantitative estimate of drug-likeness (QED) is 0.818. The fourth-order valence-corrected chi connectivity index (χ4v) is 3.53. The molecule has 3 heteroatoms. The lowest BCUT2D eigenvalue weighted by molar-refractivity contribution is -0.000359. The van der Waals surface area contributed by atoms with Crippen molar-refractivity contribution in [1.82, 2.24) is 4.90 Å². The topological polar surface area (TPSA) is 16.4 Å². The summed E-state index contributed by atoms with van der Waals surface area (Å²) in [6, 6.07) is 2.07. The summed E-state index contributed by atoms with van der Waals surface area (Å²) in [6.07, 6.45) is 7.66. The van der Waals surface area contributed by atoms with Crippen LogP contribution in [0.15, 0.2) is 21.4 Å². The standard InChI is InChI=1S/C12H16BrNO/c13-11-5-10(7-15-11)6-14-8-12(9-14)3-1-2-4-12/h5,7H,1-4,6,8-9H2. The Morgan fingerprint density at radius 1 is 1.33 bits per heavy atom. The van der Waals surface area contributed by atoms with E-state index in [1.165, 1.54) is 44.3 Å². The Balaban J connectivity index is 1.55. The fraction of sp³-hybridized carbons (Fsp3) is 0.667. The van der Waals surface area contributed by atoms with Crippen molar-refractivity contribution in [2.75, 3.05) is 13.1 Å². The fourth-order valence-electron chi connectivity index (χ4n) is 3.14. The van der Waals surface area contributed by atoms with Crippen LogP contribution in [0.2, 0.25) is 0 Å². The maximum absolute atomic E-state index is 5.24. The zero-order chi connectivity index (χ0) is 10.3. The molecule has 2 heterocycles. The van der Waals surface area contributed by atoms with Crippen LogP contribution in [0.1, 0.15) is 31.2 Å². The smallest absolute Gasteiger partial charge is 0.169 e. The second-order valence-corrected chi connectivity index (χ2v) is 5.89. The molecule has 0 unspecified atom stereocenters. The molecule has 1 saturated carbocycles. The van der Waals surface area contributed by atoms with Crippen molar-refractivity contribution in [3.63, 3.8) is 0 Å². The van der Waals surface area contributed by atoms with E-state index >= 15 is 0 Å². The van der Waals surface area contributed by atoms with Gasteiger partial charge in [0, 0.05) is 25.2 Å². The molecule has 1 saturated heterocycles. The Kier molecular flexibility index (Phi) is 2.40. The molecule has 1 aromatic heterocycles. The van der Waals surface area contributed by atoms with Crippen molar-refractivity contribution in [3.05, 3.63) is 22.6 Å². The number of nitrogens with zero attached hydrogens (tertiary/aromatic N) is 1. The van der Waals surface area contributed by atoms with E-state index in [4.69, 9.17) is 4.42 Å². The van der Waals surface area contributed by atoms with Crippen LogP contribution in [-0.4, -0.2) is 18.0 Å². The van der Waals surface area contributed by atoms with Gasteiger partial charge in [0.05, 0.1) is 6.26 Å². The Morgan fingerprint density at radius 3 is 2.67 bits per heavy atom. The minimum absolute atomic E-state index is 0.709. The van der Waals surface area contributed by atoms with Crippen LogP contribution >= 0.6 is 15.9 Å². The summed E-state index contributed by atoms with van der Waals surface area (Å²) in [5.74, 6) is 0. The summed E-state index contributed by atoms with van der Waals surface area (Å²) in [5, 5.41) is 0. The third-order valence-corrected chi connectivity index (χ3v) is 4.23. The molecule has 0 atom stereocenters. The molecule has 1 aliphatic carbocycles. The lowest BCUT2D eigenvalue weighted by atomic mass is 9.78. The molecule has 15 heavy (non-hydrogen) atoms. The predicted molar refractivity (Wildman–Crippen MR) is 62.6 cm³/mol. The van der Waals surface area contributed by atoms with Gasteiger partial charge in [-0.05, 0) is 40.3 Å². The van der Waals surface area contributed by atoms with Crippen LogP contribution in [0.25, 0.3) is 0 Å². The first-order valence-electron chi connectivity index (χ1n) is 5.71. The van der Waals surface area contributed by atoms with Crippen LogP contribution in [0.5, 0.6) is 0 Å². The molecule has 82 valence electrons. The minimum Gasteiger partial charge on any atom is -0.457 e. The average molecular weight is 270 g/mol. The maximum Gasteiger partial charge on any atom is 0.169 e. The molecule has 2 nitrogen and oxygen atoms in total. The van der Waals surface area contributed by atoms with Gasteiger partial charge < -0.3 is 4.42 Å². The van der Waals surface area contributed by atoms with Crippen LogP contribution in [0, 0.1) is 5.41 Å². The molecule has 0 bridgehead atoms. The van der Waals surface area contributed by atoms with Gasteiger partial charge in [0.15, 0.2) is 4.67 Å². The second-order valence-electron chi connectivity index (χ2n) is 5.11. The van der Waals surface area contributed by atoms with E-state index in [1.807, 2.05) is 6.26 Å². The van der Waals surface area contributed by atoms with Gasteiger partial charge in [-0.2, -0.15) is 0 Å². The summed E-state index contributed by atoms with van der Waals surface area (Å²) in [4.78, 5) is 2.53. The van der Waals surface area contributed by atoms with Gasteiger partial charge >= 0.3 is 0 Å². The monoisotopic (exact) mass is 269 g/mol. The van der Waals surface area contributed by atoms with Gasteiger partial charge in [-0.25, -0.2) is 0 Å². The molecule has 2 fully saturated rings. The first-order valence-corrected chi connectivity index (χ1v) is 6.50. The van der Waals surface area contributed by atoms with Crippen molar-refractivity contribution in [2.45, 2.75) is 32.2 Å². The van der Waals surface area contributed by atoms with Gasteiger partial charge in [-0.3, -0.25) is 4.90 Å². The summed E-state index contributed by atoms with van der Waals surface area (Å²) < 4.78 is 6.08. The molecule has 1 aliphatic heterocycles. The normalized spacial score (nSPS) is 24.6. The van der Waals surface area contributed by atoms with Crippen molar-refractivity contribution in [3.8, 4) is 0 Å². The highest BCUT2D eigenvalue weighted by Gasteiger charge is 2.44. The zero-order valence-corrected chi connectivity index (χ0v) is 10.4. The number of rotatable bonds is 2. The van der Waals surface area contributed by atoms with Crippen LogP contribution in [-0.2, 0) is 6.54 Å². The van der Waals surface area contributed by atoms with Gasteiger partial charge in [0.1, 0.15) is 0 Å². The van der Waals surface area contributed by atoms with Gasteiger partial charge in [0.2, 0.25) is 0 Å². The lowest BCUT2D eigenvalue weighted by Crippen LogP contribution is -2.54. The molecule has 3 rings (SSSR count). The van der Waals surface area contributed by atoms with Crippen molar-refractivity contribution in [2.24, 2.45) is 5.41 Å². The maximum atomic E-state index is 5.24. The number of furan rings is 1. The number of hydrogen-bond acceptors (Lipinski definition) is 2. The van der Waals surface area contributed by atoms with Crippen LogP contribution < -0.4 is 0 Å². The van der Waals surface area contributed by atoms with Gasteiger partial charge in [0.25, 0.3) is 0 Å². The Labute approximate surface area is 98.8 Å². The molecule has 0 N–H and O–H groups in total. The third-order valence-electron chi connectivity index (χ3n) is 3.81. The van der Waals surface area contributed by atoms with Crippen molar-refractivity contribution >= 4 is 15.9 Å². The van der Waals surface area contributed by atoms with Crippen LogP contribution in [0.3, 0.4) is 0 Å². The van der Waals surface area contributed by atoms with E-state index < -0.39 is 0 Å².